The number of anilines is 1. The van der Waals surface area contributed by atoms with Crippen LogP contribution in [-0.2, 0) is 6.54 Å². The molecule has 92 valence electrons. The van der Waals surface area contributed by atoms with Crippen molar-refractivity contribution in [1.82, 2.24) is 15.0 Å². The van der Waals surface area contributed by atoms with Gasteiger partial charge in [0, 0.05) is 18.1 Å². The Morgan fingerprint density at radius 3 is 2.83 bits per heavy atom. The van der Waals surface area contributed by atoms with Gasteiger partial charge < -0.3 is 5.73 Å². The Hall–Kier alpha value is -2.30. The summed E-state index contributed by atoms with van der Waals surface area (Å²) in [4.78, 5) is 16.5. The molecule has 5 nitrogen and oxygen atoms in total. The number of aliphatic imine (C=N–C) groups is 1. The number of nitrogens with zero attached hydrogens (tertiary/aromatic N) is 4. The predicted molar refractivity (Wildman–Crippen MR) is 71.5 cm³/mol. The van der Waals surface area contributed by atoms with Gasteiger partial charge in [0.2, 0.25) is 0 Å². The molecule has 0 saturated heterocycles. The fourth-order valence-corrected chi connectivity index (χ4v) is 1.61. The van der Waals surface area contributed by atoms with Gasteiger partial charge in [0.25, 0.3) is 0 Å². The van der Waals surface area contributed by atoms with Gasteiger partial charge in [0.15, 0.2) is 0 Å². The van der Waals surface area contributed by atoms with Crippen molar-refractivity contribution in [3.8, 4) is 0 Å². The first kappa shape index (κ1) is 12.2. The molecule has 0 atom stereocenters. The number of rotatable bonds is 3. The molecule has 2 rings (SSSR count). The van der Waals surface area contributed by atoms with Crippen molar-refractivity contribution in [2.75, 3.05) is 5.73 Å². The Morgan fingerprint density at radius 1 is 1.28 bits per heavy atom. The average Bonchev–Trinajstić information content (AvgIpc) is 2.33. The molecule has 0 aliphatic heterocycles. The first-order valence-corrected chi connectivity index (χ1v) is 5.65. The van der Waals surface area contributed by atoms with Crippen LogP contribution in [0.3, 0.4) is 0 Å². The van der Waals surface area contributed by atoms with E-state index in [-0.39, 0.29) is 0 Å². The molecule has 2 heterocycles. The lowest BCUT2D eigenvalue weighted by Crippen LogP contribution is -2.01. The summed E-state index contributed by atoms with van der Waals surface area (Å²) < 4.78 is 0. The molecule has 0 bridgehead atoms. The fraction of sp³-hybridized carbons (Fsp3) is 0.231. The first-order valence-electron chi connectivity index (χ1n) is 5.65. The van der Waals surface area contributed by atoms with Crippen molar-refractivity contribution >= 4 is 12.0 Å². The van der Waals surface area contributed by atoms with Gasteiger partial charge in [0.1, 0.15) is 12.1 Å². The quantitative estimate of drug-likeness (QED) is 0.829. The van der Waals surface area contributed by atoms with Gasteiger partial charge >= 0.3 is 0 Å². The fourth-order valence-electron chi connectivity index (χ4n) is 1.61. The van der Waals surface area contributed by atoms with E-state index in [0.29, 0.717) is 12.4 Å². The molecule has 0 unspecified atom stereocenters. The summed E-state index contributed by atoms with van der Waals surface area (Å²) in [5, 5.41) is 0. The Bertz CT molecular complexity index is 557. The van der Waals surface area contributed by atoms with Crippen molar-refractivity contribution < 1.29 is 0 Å². The Balaban J connectivity index is 2.12. The van der Waals surface area contributed by atoms with Gasteiger partial charge in [-0.1, -0.05) is 0 Å². The van der Waals surface area contributed by atoms with Gasteiger partial charge in [0.05, 0.1) is 17.8 Å². The minimum Gasteiger partial charge on any atom is -0.383 e. The van der Waals surface area contributed by atoms with Crippen LogP contribution in [0, 0.1) is 13.8 Å². The van der Waals surface area contributed by atoms with Crippen LogP contribution < -0.4 is 5.73 Å². The summed E-state index contributed by atoms with van der Waals surface area (Å²) in [5.74, 6) is 0.456. The highest BCUT2D eigenvalue weighted by Crippen LogP contribution is 2.08. The van der Waals surface area contributed by atoms with E-state index in [0.717, 1.165) is 22.5 Å². The molecule has 0 aromatic carbocycles. The second-order valence-electron chi connectivity index (χ2n) is 4.03. The molecule has 0 spiro atoms. The minimum absolute atomic E-state index is 0.456. The van der Waals surface area contributed by atoms with E-state index >= 15 is 0 Å². The number of hydrogen-bond donors (Lipinski definition) is 1. The van der Waals surface area contributed by atoms with Gasteiger partial charge in [-0.2, -0.15) is 0 Å². The molecule has 0 saturated carbocycles. The topological polar surface area (TPSA) is 77.0 Å². The molecular weight excluding hydrogens is 226 g/mol. The summed E-state index contributed by atoms with van der Waals surface area (Å²) in [5.41, 5.74) is 9.49. The number of nitrogen functional groups attached to an aromatic ring is 1. The molecule has 18 heavy (non-hydrogen) atoms. The van der Waals surface area contributed by atoms with Crippen molar-refractivity contribution in [2.24, 2.45) is 4.99 Å². The number of aromatic nitrogens is 3. The zero-order chi connectivity index (χ0) is 13.0. The molecule has 0 amide bonds. The van der Waals surface area contributed by atoms with Crippen LogP contribution in [-0.4, -0.2) is 21.2 Å². The van der Waals surface area contributed by atoms with Crippen LogP contribution in [0.5, 0.6) is 0 Å². The van der Waals surface area contributed by atoms with E-state index < -0.39 is 0 Å². The normalized spacial score (nSPS) is 11.0. The van der Waals surface area contributed by atoms with Crippen LogP contribution in [0.1, 0.15) is 22.5 Å². The number of aryl methyl sites for hydroxylation is 2. The third-order valence-electron chi connectivity index (χ3n) is 2.57. The van der Waals surface area contributed by atoms with E-state index in [9.17, 15) is 0 Å². The van der Waals surface area contributed by atoms with E-state index in [2.05, 4.69) is 19.9 Å². The third-order valence-corrected chi connectivity index (χ3v) is 2.57. The summed E-state index contributed by atoms with van der Waals surface area (Å²) >= 11 is 0. The smallest absolute Gasteiger partial charge is 0.135 e. The van der Waals surface area contributed by atoms with E-state index in [1.165, 1.54) is 6.33 Å². The molecule has 0 aliphatic rings. The number of nitrogens with two attached hydrogens (primary N) is 1. The van der Waals surface area contributed by atoms with Crippen LogP contribution in [0.2, 0.25) is 0 Å². The lowest BCUT2D eigenvalue weighted by molar-refractivity contribution is 1.04. The average molecular weight is 241 g/mol. The molecular formula is C13H15N5. The monoisotopic (exact) mass is 241 g/mol. The maximum absolute atomic E-state index is 5.77. The largest absolute Gasteiger partial charge is 0.383 e. The lowest BCUT2D eigenvalue weighted by Gasteiger charge is -2.01. The van der Waals surface area contributed by atoms with E-state index in [4.69, 9.17) is 5.73 Å². The molecule has 0 aliphatic carbocycles. The van der Waals surface area contributed by atoms with E-state index in [1.807, 2.05) is 26.0 Å². The molecule has 5 heteroatoms. The predicted octanol–water partition coefficient (Wildman–Crippen LogP) is 1.69. The highest BCUT2D eigenvalue weighted by atomic mass is 14.9. The molecule has 2 aromatic rings. The van der Waals surface area contributed by atoms with E-state index in [1.54, 1.807) is 12.4 Å². The second-order valence-corrected chi connectivity index (χ2v) is 4.03. The van der Waals surface area contributed by atoms with Crippen molar-refractivity contribution in [3.63, 3.8) is 0 Å². The van der Waals surface area contributed by atoms with Crippen LogP contribution >= 0.6 is 0 Å². The van der Waals surface area contributed by atoms with Gasteiger partial charge in [-0.25, -0.2) is 9.97 Å². The maximum atomic E-state index is 5.77. The maximum Gasteiger partial charge on any atom is 0.135 e. The SMILES string of the molecule is Cc1cc(CN=Cc2c(C)ncnc2N)ccn1. The summed E-state index contributed by atoms with van der Waals surface area (Å²) in [7, 11) is 0. The zero-order valence-corrected chi connectivity index (χ0v) is 10.5. The molecule has 0 fully saturated rings. The van der Waals surface area contributed by atoms with Gasteiger partial charge in [-0.3, -0.25) is 9.98 Å². The Labute approximate surface area is 106 Å². The highest BCUT2D eigenvalue weighted by Gasteiger charge is 2.01. The lowest BCUT2D eigenvalue weighted by atomic mass is 10.2. The van der Waals surface area contributed by atoms with Crippen LogP contribution in [0.4, 0.5) is 5.82 Å². The molecule has 0 radical (unpaired) electrons. The third kappa shape index (κ3) is 2.88. The van der Waals surface area contributed by atoms with Crippen molar-refractivity contribution in [1.29, 1.82) is 0 Å². The Kier molecular flexibility index (Phi) is 3.62. The second kappa shape index (κ2) is 5.35. The van der Waals surface area contributed by atoms with Gasteiger partial charge in [-0.15, -0.1) is 0 Å². The van der Waals surface area contributed by atoms with Crippen LogP contribution in [0.15, 0.2) is 29.6 Å². The van der Waals surface area contributed by atoms with Crippen LogP contribution in [0.25, 0.3) is 0 Å². The van der Waals surface area contributed by atoms with Gasteiger partial charge in [-0.05, 0) is 31.5 Å². The summed E-state index contributed by atoms with van der Waals surface area (Å²) in [6.07, 6.45) is 4.96. The standard InChI is InChI=1S/C13H15N5/c1-9-5-11(3-4-16-9)6-15-7-12-10(2)17-8-18-13(12)14/h3-5,7-8H,6H2,1-2H3,(H2,14,17,18). The first-order chi connectivity index (χ1) is 8.66. The summed E-state index contributed by atoms with van der Waals surface area (Å²) in [6, 6.07) is 3.96. The highest BCUT2D eigenvalue weighted by molar-refractivity contribution is 5.86. The zero-order valence-electron chi connectivity index (χ0n) is 10.5. The molecule has 2 aromatic heterocycles. The molecule has 2 N–H and O–H groups in total. The number of pyridine rings is 1. The number of hydrogen-bond acceptors (Lipinski definition) is 5. The Morgan fingerprint density at radius 2 is 2.11 bits per heavy atom. The van der Waals surface area contributed by atoms with Crippen molar-refractivity contribution in [3.05, 3.63) is 47.2 Å². The minimum atomic E-state index is 0.456. The summed E-state index contributed by atoms with van der Waals surface area (Å²) in [6.45, 7) is 4.44. The van der Waals surface area contributed by atoms with Crippen molar-refractivity contribution in [2.45, 2.75) is 20.4 Å².